The van der Waals surface area contributed by atoms with E-state index in [0.717, 1.165) is 21.9 Å². The smallest absolute Gasteiger partial charge is 0.254 e. The van der Waals surface area contributed by atoms with Crippen LogP contribution in [0.2, 0.25) is 10.0 Å². The molecule has 9 nitrogen and oxygen atoms in total. The van der Waals surface area contributed by atoms with E-state index >= 15 is 0 Å². The predicted octanol–water partition coefficient (Wildman–Crippen LogP) is 5.24. The second-order valence-electron chi connectivity index (χ2n) is 9.73. The van der Waals surface area contributed by atoms with Crippen molar-refractivity contribution < 1.29 is 29.6 Å². The summed E-state index contributed by atoms with van der Waals surface area (Å²) in [6.45, 7) is -0.168. The molecule has 0 bridgehead atoms. The molecule has 0 aliphatic carbocycles. The minimum atomic E-state index is -1.83. The summed E-state index contributed by atoms with van der Waals surface area (Å²) in [5, 5.41) is 34.5. The van der Waals surface area contributed by atoms with Gasteiger partial charge < -0.3 is 35.1 Å². The lowest BCUT2D eigenvalue weighted by atomic mass is 9.93. The monoisotopic (exact) mass is 609 g/mol. The Morgan fingerprint density at radius 2 is 1.81 bits per heavy atom. The maximum atomic E-state index is 13.2. The lowest BCUT2D eigenvalue weighted by molar-refractivity contribution is -0.0665. The van der Waals surface area contributed by atoms with Crippen molar-refractivity contribution in [2.75, 3.05) is 14.2 Å². The van der Waals surface area contributed by atoms with Gasteiger partial charge in [-0.25, -0.2) is 0 Å². The number of nitrogens with one attached hydrogen (secondary N) is 2. The molecule has 5 aromatic rings. The van der Waals surface area contributed by atoms with Gasteiger partial charge in [0, 0.05) is 28.7 Å². The summed E-state index contributed by atoms with van der Waals surface area (Å²) >= 11 is 12.8. The third-order valence-corrected chi connectivity index (χ3v) is 7.92. The van der Waals surface area contributed by atoms with E-state index in [2.05, 4.69) is 15.3 Å². The van der Waals surface area contributed by atoms with Crippen LogP contribution in [0.5, 0.6) is 11.5 Å². The molecule has 3 aromatic carbocycles. The van der Waals surface area contributed by atoms with Gasteiger partial charge in [-0.05, 0) is 54.3 Å². The normalized spacial score (nSPS) is 12.2. The Morgan fingerprint density at radius 1 is 1.07 bits per heavy atom. The Kier molecular flexibility index (Phi) is 8.86. The number of carbonyl (C=O) groups is 1. The number of aromatic nitrogens is 2. The van der Waals surface area contributed by atoms with Crippen molar-refractivity contribution in [3.63, 3.8) is 0 Å². The summed E-state index contributed by atoms with van der Waals surface area (Å²) in [6.07, 6.45) is 2.13. The summed E-state index contributed by atoms with van der Waals surface area (Å²) in [6, 6.07) is 13.5. The van der Waals surface area contributed by atoms with Crippen LogP contribution in [-0.2, 0) is 13.0 Å². The van der Waals surface area contributed by atoms with Crippen LogP contribution < -0.4 is 14.8 Å². The molecule has 218 valence electrons. The largest absolute Gasteiger partial charge is 0.496 e. The number of methoxy groups -OCH3 is 2. The minimum absolute atomic E-state index is 0.0491. The Hall–Kier alpha value is -3.86. The summed E-state index contributed by atoms with van der Waals surface area (Å²) in [5.41, 5.74) is 4.28. The number of aromatic amines is 1. The molecule has 2 aromatic heterocycles. The summed E-state index contributed by atoms with van der Waals surface area (Å²) in [4.78, 5) is 20.8. The first-order valence-electron chi connectivity index (χ1n) is 13.1. The molecule has 1 atom stereocenters. The molecule has 0 spiro atoms. The number of pyridine rings is 1. The van der Waals surface area contributed by atoms with Crippen LogP contribution in [0.1, 0.15) is 27.9 Å². The molecule has 5 N–H and O–H groups in total. The van der Waals surface area contributed by atoms with E-state index in [-0.39, 0.29) is 28.6 Å². The number of ether oxygens (including phenoxy) is 2. The van der Waals surface area contributed by atoms with Gasteiger partial charge in [-0.15, -0.1) is 0 Å². The number of rotatable bonds is 10. The van der Waals surface area contributed by atoms with Crippen LogP contribution in [0, 0.1) is 0 Å². The highest BCUT2D eigenvalue weighted by atomic mass is 35.5. The fourth-order valence-corrected chi connectivity index (χ4v) is 5.86. The molecule has 42 heavy (non-hydrogen) atoms. The number of aryl methyl sites for hydroxylation is 1. The van der Waals surface area contributed by atoms with Gasteiger partial charge >= 0.3 is 0 Å². The summed E-state index contributed by atoms with van der Waals surface area (Å²) < 4.78 is 11.3. The highest BCUT2D eigenvalue weighted by Crippen LogP contribution is 2.43. The van der Waals surface area contributed by atoms with Gasteiger partial charge in [-0.2, -0.15) is 0 Å². The maximum absolute atomic E-state index is 13.2. The van der Waals surface area contributed by atoms with Crippen LogP contribution in [0.15, 0.2) is 60.9 Å². The number of aliphatic hydroxyl groups excluding tert-OH is 2. The topological polar surface area (TPSA) is 137 Å². The first kappa shape index (κ1) is 29.6. The average molecular weight is 610 g/mol. The van der Waals surface area contributed by atoms with E-state index in [4.69, 9.17) is 32.7 Å². The number of hydrogen-bond acceptors (Lipinski definition) is 7. The van der Waals surface area contributed by atoms with Crippen molar-refractivity contribution in [1.82, 2.24) is 15.3 Å². The molecule has 0 aliphatic heterocycles. The number of benzene rings is 3. The Balaban J connectivity index is 1.45. The molecule has 5 rings (SSSR count). The third kappa shape index (κ3) is 5.62. The van der Waals surface area contributed by atoms with Gasteiger partial charge in [-0.1, -0.05) is 41.4 Å². The molecule has 0 saturated carbocycles. The van der Waals surface area contributed by atoms with Crippen molar-refractivity contribution in [2.45, 2.75) is 31.8 Å². The number of H-pyrrole nitrogens is 1. The maximum Gasteiger partial charge on any atom is 0.254 e. The fraction of sp³-hybridized carbons (Fsp3) is 0.226. The van der Waals surface area contributed by atoms with E-state index in [1.165, 1.54) is 0 Å². The third-order valence-electron chi connectivity index (χ3n) is 7.24. The zero-order valence-corrected chi connectivity index (χ0v) is 24.3. The number of halogens is 2. The summed E-state index contributed by atoms with van der Waals surface area (Å²) in [5.74, 6) is 0.435. The van der Waals surface area contributed by atoms with Gasteiger partial charge in [0.1, 0.15) is 11.5 Å². The van der Waals surface area contributed by atoms with Crippen LogP contribution in [0.3, 0.4) is 0 Å². The first-order valence-corrected chi connectivity index (χ1v) is 13.9. The van der Waals surface area contributed by atoms with Crippen molar-refractivity contribution >= 4 is 50.9 Å². The Labute approximate surface area is 251 Å². The molecule has 11 heteroatoms. The van der Waals surface area contributed by atoms with Crippen LogP contribution >= 0.6 is 23.2 Å². The van der Waals surface area contributed by atoms with Gasteiger partial charge in [0.15, 0.2) is 6.29 Å². The second kappa shape index (κ2) is 12.6. The van der Waals surface area contributed by atoms with E-state index in [1.54, 1.807) is 50.9 Å². The molecule has 0 radical (unpaired) electrons. The molecule has 0 fully saturated rings. The van der Waals surface area contributed by atoms with Crippen LogP contribution in [-0.4, -0.2) is 57.7 Å². The predicted molar refractivity (Wildman–Crippen MR) is 162 cm³/mol. The lowest BCUT2D eigenvalue weighted by Gasteiger charge is -2.22. The standard InChI is InChI=1S/C31H29Cl2N3O6/c1-41-23-12-16(15-37)13-24(42-2)25(23)20-7-5-17(19-4-3-10-34-29(19)20)6-8-22(31(39)40)36-30(38)26-21(32)14-18-9-11-35-28(18)27(26)33/h3-5,7,9-14,22,31,35,37,39-40H,6,8,15H2,1-2H3,(H,36,38)/t22-/m0/s1. The molecule has 0 unspecified atom stereocenters. The van der Waals surface area contributed by atoms with Gasteiger partial charge in [0.2, 0.25) is 0 Å². The van der Waals surface area contributed by atoms with Gasteiger partial charge in [0.25, 0.3) is 5.91 Å². The zero-order valence-electron chi connectivity index (χ0n) is 22.8. The van der Waals surface area contributed by atoms with Crippen LogP contribution in [0.4, 0.5) is 0 Å². The number of aliphatic hydroxyl groups is 3. The van der Waals surface area contributed by atoms with Gasteiger partial charge in [0.05, 0.1) is 59.1 Å². The van der Waals surface area contributed by atoms with E-state index in [0.29, 0.717) is 40.1 Å². The quantitative estimate of drug-likeness (QED) is 0.136. The van der Waals surface area contributed by atoms with E-state index < -0.39 is 18.2 Å². The second-order valence-corrected chi connectivity index (χ2v) is 10.5. The number of fused-ring (bicyclic) bond motifs is 2. The molecule has 0 saturated heterocycles. The number of nitrogens with zero attached hydrogens (tertiary/aromatic N) is 1. The average Bonchev–Trinajstić information content (AvgIpc) is 3.47. The SMILES string of the molecule is COc1cc(CO)cc(OC)c1-c1ccc(CC[C@H](NC(=O)c2c(Cl)cc3cc[nH]c3c2Cl)C(O)O)c2cccnc12. The number of carbonyl (C=O) groups excluding carboxylic acids is 1. The van der Waals surface area contributed by atoms with Crippen molar-refractivity contribution in [1.29, 1.82) is 0 Å². The van der Waals surface area contributed by atoms with Crippen molar-refractivity contribution in [3.05, 3.63) is 87.7 Å². The highest BCUT2D eigenvalue weighted by molar-refractivity contribution is 6.43. The molecule has 0 aliphatic rings. The number of amides is 1. The summed E-state index contributed by atoms with van der Waals surface area (Å²) in [7, 11) is 3.10. The lowest BCUT2D eigenvalue weighted by Crippen LogP contribution is -2.43. The van der Waals surface area contributed by atoms with Crippen LogP contribution in [0.25, 0.3) is 32.9 Å². The fourth-order valence-electron chi connectivity index (χ4n) is 5.16. The minimum Gasteiger partial charge on any atom is -0.496 e. The van der Waals surface area contributed by atoms with Crippen molar-refractivity contribution in [3.8, 4) is 22.6 Å². The molecular formula is C31H29Cl2N3O6. The van der Waals surface area contributed by atoms with Crippen molar-refractivity contribution in [2.24, 2.45) is 0 Å². The molecular weight excluding hydrogens is 581 g/mol. The van der Waals surface area contributed by atoms with E-state index in [1.807, 2.05) is 24.3 Å². The molecule has 1 amide bonds. The Morgan fingerprint density at radius 3 is 2.48 bits per heavy atom. The Bertz CT molecular complexity index is 1750. The highest BCUT2D eigenvalue weighted by Gasteiger charge is 2.25. The zero-order chi connectivity index (χ0) is 30.0. The van der Waals surface area contributed by atoms with Gasteiger partial charge in [-0.3, -0.25) is 9.78 Å². The number of hydrogen-bond donors (Lipinski definition) is 5. The van der Waals surface area contributed by atoms with E-state index in [9.17, 15) is 20.1 Å². The molecule has 2 heterocycles. The first-order chi connectivity index (χ1) is 20.3.